The minimum absolute atomic E-state index is 0.906. The normalized spacial score (nSPS) is 12.5. The van der Waals surface area contributed by atoms with Gasteiger partial charge in [0.05, 0.1) is 5.69 Å². The molecule has 1 aliphatic rings. The maximum atomic E-state index is 6.26. The van der Waals surface area contributed by atoms with Gasteiger partial charge in [-0.25, -0.2) is 0 Å². The van der Waals surface area contributed by atoms with Crippen molar-refractivity contribution in [2.45, 2.75) is 12.8 Å². The molecule has 2 heterocycles. The topological polar surface area (TPSA) is 16.4 Å². The number of nitrogens with zero attached hydrogens (tertiary/aromatic N) is 1. The molecule has 8 aromatic carbocycles. The van der Waals surface area contributed by atoms with Crippen LogP contribution in [-0.2, 0) is 6.42 Å². The predicted molar refractivity (Wildman–Crippen MR) is 235 cm³/mol. The number of fused-ring (bicyclic) bond motifs is 7. The molecule has 0 saturated carbocycles. The number of rotatable bonds is 6. The third-order valence-electron chi connectivity index (χ3n) is 11.1. The Kier molecular flexibility index (Phi) is 7.53. The Bertz CT molecular complexity index is 3110. The summed E-state index contributed by atoms with van der Waals surface area (Å²) in [5.74, 6) is 0. The Morgan fingerprint density at radius 3 is 2.15 bits per heavy atom. The van der Waals surface area contributed by atoms with Crippen LogP contribution in [0.4, 0.5) is 17.1 Å². The Labute approximate surface area is 323 Å². The second-order valence-corrected chi connectivity index (χ2v) is 15.5. The highest BCUT2D eigenvalue weighted by Crippen LogP contribution is 2.45. The number of thiophene rings is 1. The lowest BCUT2D eigenvalue weighted by atomic mass is 9.97. The van der Waals surface area contributed by atoms with Crippen LogP contribution in [0.25, 0.3) is 82.3 Å². The molecule has 0 unspecified atom stereocenters. The van der Waals surface area contributed by atoms with E-state index in [-0.39, 0.29) is 0 Å². The summed E-state index contributed by atoms with van der Waals surface area (Å²) in [7, 11) is 0. The van der Waals surface area contributed by atoms with Crippen LogP contribution in [-0.4, -0.2) is 0 Å². The highest BCUT2D eigenvalue weighted by Gasteiger charge is 2.20. The first-order chi connectivity index (χ1) is 27.2. The highest BCUT2D eigenvalue weighted by atomic mass is 32.1. The van der Waals surface area contributed by atoms with E-state index in [1.165, 1.54) is 53.6 Å². The van der Waals surface area contributed by atoms with Crippen molar-refractivity contribution in [2.24, 2.45) is 0 Å². The Balaban J connectivity index is 1.04. The molecule has 0 amide bonds. The van der Waals surface area contributed by atoms with E-state index in [4.69, 9.17) is 4.42 Å². The van der Waals surface area contributed by atoms with Crippen molar-refractivity contribution in [1.29, 1.82) is 0 Å². The van der Waals surface area contributed by atoms with Gasteiger partial charge < -0.3 is 9.32 Å². The van der Waals surface area contributed by atoms with E-state index < -0.39 is 0 Å². The summed E-state index contributed by atoms with van der Waals surface area (Å²) in [6.07, 6.45) is 6.87. The number of anilines is 3. The molecule has 55 heavy (non-hydrogen) atoms. The van der Waals surface area contributed by atoms with Crippen LogP contribution in [0.1, 0.15) is 16.9 Å². The van der Waals surface area contributed by atoms with Gasteiger partial charge in [-0.1, -0.05) is 127 Å². The lowest BCUT2D eigenvalue weighted by molar-refractivity contribution is 0.669. The van der Waals surface area contributed by atoms with E-state index in [0.29, 0.717) is 0 Å². The van der Waals surface area contributed by atoms with Crippen LogP contribution >= 0.6 is 11.3 Å². The minimum atomic E-state index is 0.906. The molecule has 260 valence electrons. The van der Waals surface area contributed by atoms with E-state index in [1.54, 1.807) is 0 Å². The molecule has 0 aliphatic heterocycles. The van der Waals surface area contributed by atoms with Gasteiger partial charge in [0.1, 0.15) is 11.2 Å². The first-order valence-electron chi connectivity index (χ1n) is 19.0. The Morgan fingerprint density at radius 2 is 1.20 bits per heavy atom. The fourth-order valence-corrected chi connectivity index (χ4v) is 9.61. The summed E-state index contributed by atoms with van der Waals surface area (Å²) >= 11 is 1.95. The average Bonchev–Trinajstić information content (AvgIpc) is 3.82. The van der Waals surface area contributed by atoms with Crippen molar-refractivity contribution < 1.29 is 4.42 Å². The van der Waals surface area contributed by atoms with Crippen molar-refractivity contribution in [1.82, 2.24) is 0 Å². The molecule has 0 atom stereocenters. The van der Waals surface area contributed by atoms with Crippen molar-refractivity contribution >= 4 is 77.3 Å². The lowest BCUT2D eigenvalue weighted by Crippen LogP contribution is -2.11. The van der Waals surface area contributed by atoms with E-state index in [9.17, 15) is 0 Å². The molecule has 0 fully saturated rings. The smallest absolute Gasteiger partial charge is 0.136 e. The van der Waals surface area contributed by atoms with E-state index in [0.717, 1.165) is 63.0 Å². The van der Waals surface area contributed by atoms with Gasteiger partial charge in [-0.05, 0) is 123 Å². The second kappa shape index (κ2) is 13.0. The van der Waals surface area contributed by atoms with Gasteiger partial charge in [-0.3, -0.25) is 0 Å². The molecular formula is C52H35NOS. The fourth-order valence-electron chi connectivity index (χ4n) is 8.36. The summed E-state index contributed by atoms with van der Waals surface area (Å²) in [6.45, 7) is 0. The zero-order chi connectivity index (χ0) is 36.3. The van der Waals surface area contributed by atoms with Gasteiger partial charge in [0.25, 0.3) is 0 Å². The minimum Gasteiger partial charge on any atom is -0.456 e. The quantitative estimate of drug-likeness (QED) is 0.170. The number of allylic oxidation sites excluding steroid dienone is 1. The predicted octanol–water partition coefficient (Wildman–Crippen LogP) is 15.4. The third kappa shape index (κ3) is 5.55. The molecule has 0 radical (unpaired) electrons. The molecule has 0 bridgehead atoms. The van der Waals surface area contributed by atoms with Crippen LogP contribution in [0.2, 0.25) is 0 Å². The molecule has 3 heteroatoms. The van der Waals surface area contributed by atoms with Crippen LogP contribution in [0.3, 0.4) is 0 Å². The number of para-hydroxylation sites is 2. The first-order valence-corrected chi connectivity index (χ1v) is 19.8. The molecule has 0 saturated heterocycles. The number of furan rings is 1. The summed E-state index contributed by atoms with van der Waals surface area (Å²) in [5, 5.41) is 6.13. The molecule has 11 rings (SSSR count). The molecule has 10 aromatic rings. The van der Waals surface area contributed by atoms with Crippen molar-refractivity contribution in [3.8, 4) is 33.4 Å². The van der Waals surface area contributed by atoms with Crippen molar-refractivity contribution in [2.75, 3.05) is 4.90 Å². The lowest BCUT2D eigenvalue weighted by Gasteiger charge is -2.28. The number of hydrogen-bond acceptors (Lipinski definition) is 3. The standard InChI is InChI=1S/C52H35NOS/c1-2-11-36-30-38(21-20-34(36)10-1)37-12-9-13-42(31-37)53(41-26-22-35(23-27-41)39-24-28-45-44-15-4-7-18-49(44)54-50(45)32-39)48-17-6-3-14-43(48)40-25-29-47-46-16-5-8-19-51(46)55-52(47)33-40/h1-7,9-18,20-33H,8,19H2. The fraction of sp³-hybridized carbons (Fsp3) is 0.0385. The van der Waals surface area contributed by atoms with E-state index >= 15 is 0 Å². The number of aryl methyl sites for hydroxylation is 1. The summed E-state index contributed by atoms with van der Waals surface area (Å²) in [5.41, 5.74) is 13.6. The van der Waals surface area contributed by atoms with Gasteiger partial charge in [-0.2, -0.15) is 0 Å². The molecular weight excluding hydrogens is 687 g/mol. The van der Waals surface area contributed by atoms with Gasteiger partial charge in [0.2, 0.25) is 0 Å². The van der Waals surface area contributed by atoms with Gasteiger partial charge in [0, 0.05) is 37.3 Å². The van der Waals surface area contributed by atoms with Gasteiger partial charge in [0.15, 0.2) is 0 Å². The summed E-state index contributed by atoms with van der Waals surface area (Å²) in [6, 6.07) is 63.9. The monoisotopic (exact) mass is 721 g/mol. The third-order valence-corrected chi connectivity index (χ3v) is 12.3. The number of benzene rings is 8. The maximum absolute atomic E-state index is 6.26. The van der Waals surface area contributed by atoms with Gasteiger partial charge >= 0.3 is 0 Å². The zero-order valence-corrected chi connectivity index (χ0v) is 30.9. The van der Waals surface area contributed by atoms with Gasteiger partial charge in [-0.15, -0.1) is 11.3 Å². The first kappa shape index (κ1) is 31.8. The Hall–Kier alpha value is -6.68. The van der Waals surface area contributed by atoms with Crippen molar-refractivity contribution in [3.05, 3.63) is 192 Å². The average molecular weight is 722 g/mol. The van der Waals surface area contributed by atoms with E-state index in [1.807, 2.05) is 23.5 Å². The van der Waals surface area contributed by atoms with Crippen LogP contribution in [0.15, 0.2) is 186 Å². The number of hydrogen-bond donors (Lipinski definition) is 0. The van der Waals surface area contributed by atoms with Crippen LogP contribution < -0.4 is 4.90 Å². The largest absolute Gasteiger partial charge is 0.456 e. The van der Waals surface area contributed by atoms with Crippen molar-refractivity contribution in [3.63, 3.8) is 0 Å². The molecule has 2 nitrogen and oxygen atoms in total. The highest BCUT2D eigenvalue weighted by molar-refractivity contribution is 7.19. The molecule has 0 N–H and O–H groups in total. The second-order valence-electron chi connectivity index (χ2n) is 14.4. The molecule has 0 spiro atoms. The molecule has 2 aromatic heterocycles. The SMILES string of the molecule is C1=Cc2c(sc3cc(-c4ccccc4N(c4ccc(-c5ccc6c(c5)oc5ccccc56)cc4)c4cccc(-c5ccc6ccccc6c5)c4)ccc23)CC1. The molecule has 1 aliphatic carbocycles. The summed E-state index contributed by atoms with van der Waals surface area (Å²) in [4.78, 5) is 3.91. The zero-order valence-electron chi connectivity index (χ0n) is 30.1. The maximum Gasteiger partial charge on any atom is 0.136 e. The van der Waals surface area contributed by atoms with E-state index in [2.05, 4.69) is 181 Å². The van der Waals surface area contributed by atoms with Crippen LogP contribution in [0.5, 0.6) is 0 Å². The Morgan fingerprint density at radius 1 is 0.473 bits per heavy atom. The van der Waals surface area contributed by atoms with Crippen LogP contribution in [0, 0.1) is 0 Å². The summed E-state index contributed by atoms with van der Waals surface area (Å²) < 4.78 is 7.61.